The fraction of sp³-hybridized carbons (Fsp3) is 0.846. The minimum absolute atomic E-state index is 0.00236. The normalized spacial score (nSPS) is 19.5. The van der Waals surface area contributed by atoms with Crippen LogP contribution >= 0.6 is 0 Å². The van der Waals surface area contributed by atoms with Gasteiger partial charge in [-0.25, -0.2) is 0 Å². The van der Waals surface area contributed by atoms with Crippen LogP contribution in [0.2, 0.25) is 0 Å². The van der Waals surface area contributed by atoms with Crippen molar-refractivity contribution in [3.05, 3.63) is 0 Å². The van der Waals surface area contributed by atoms with Gasteiger partial charge >= 0.3 is 0 Å². The highest BCUT2D eigenvalue weighted by atomic mass is 16.5. The van der Waals surface area contributed by atoms with Crippen molar-refractivity contribution in [2.45, 2.75) is 46.1 Å². The largest absolute Gasteiger partial charge is 0.409 e. The van der Waals surface area contributed by atoms with Crippen molar-refractivity contribution in [3.63, 3.8) is 0 Å². The Kier molecular flexibility index (Phi) is 5.60. The summed E-state index contributed by atoms with van der Waals surface area (Å²) in [5.74, 6) is -0.0505. The van der Waals surface area contributed by atoms with Gasteiger partial charge in [0.15, 0.2) is 5.84 Å². The summed E-state index contributed by atoms with van der Waals surface area (Å²) in [7, 11) is 0. The summed E-state index contributed by atoms with van der Waals surface area (Å²) in [6.07, 6.45) is 1.82. The van der Waals surface area contributed by atoms with Crippen molar-refractivity contribution in [3.8, 4) is 0 Å². The molecule has 1 saturated heterocycles. The molecule has 1 aliphatic rings. The minimum atomic E-state index is -0.910. The van der Waals surface area contributed by atoms with E-state index in [0.29, 0.717) is 32.6 Å². The van der Waals surface area contributed by atoms with Crippen LogP contribution in [0.25, 0.3) is 0 Å². The molecule has 0 radical (unpaired) electrons. The molecule has 1 rings (SSSR count). The Bertz CT molecular complexity index is 336. The molecule has 0 atom stereocenters. The van der Waals surface area contributed by atoms with Gasteiger partial charge in [-0.3, -0.25) is 4.79 Å². The summed E-state index contributed by atoms with van der Waals surface area (Å²) < 4.78 is 5.31. The summed E-state index contributed by atoms with van der Waals surface area (Å²) in [6, 6.07) is 0.0960. The Hall–Kier alpha value is -1.30. The summed E-state index contributed by atoms with van der Waals surface area (Å²) in [4.78, 5) is 14.7. The van der Waals surface area contributed by atoms with Crippen LogP contribution < -0.4 is 5.73 Å². The van der Waals surface area contributed by atoms with Crippen LogP contribution in [0.3, 0.4) is 0 Å². The molecule has 0 saturated carbocycles. The lowest BCUT2D eigenvalue weighted by molar-refractivity contribution is -0.144. The summed E-state index contributed by atoms with van der Waals surface area (Å²) in [6.45, 7) is 7.58. The third kappa shape index (κ3) is 3.18. The van der Waals surface area contributed by atoms with E-state index < -0.39 is 5.41 Å². The number of nitrogens with zero attached hydrogens (tertiary/aromatic N) is 2. The first-order chi connectivity index (χ1) is 8.99. The summed E-state index contributed by atoms with van der Waals surface area (Å²) in [5.41, 5.74) is 4.90. The first kappa shape index (κ1) is 15.8. The molecular formula is C13H25N3O3. The van der Waals surface area contributed by atoms with Crippen molar-refractivity contribution >= 4 is 11.7 Å². The lowest BCUT2D eigenvalue weighted by atomic mass is 9.77. The van der Waals surface area contributed by atoms with E-state index in [1.807, 2.05) is 25.7 Å². The summed E-state index contributed by atoms with van der Waals surface area (Å²) in [5, 5.41) is 12.1. The molecule has 0 aromatic carbocycles. The minimum Gasteiger partial charge on any atom is -0.409 e. The number of hydrogen-bond donors (Lipinski definition) is 2. The van der Waals surface area contributed by atoms with Crippen LogP contribution in [0.1, 0.15) is 40.0 Å². The van der Waals surface area contributed by atoms with Gasteiger partial charge in [0.1, 0.15) is 5.41 Å². The Morgan fingerprint density at radius 1 is 1.47 bits per heavy atom. The zero-order valence-corrected chi connectivity index (χ0v) is 12.1. The highest BCUT2D eigenvalue weighted by molar-refractivity contribution is 6.06. The molecule has 0 aliphatic carbocycles. The molecular weight excluding hydrogens is 246 g/mol. The molecule has 3 N–H and O–H groups in total. The maximum atomic E-state index is 12.9. The first-order valence-corrected chi connectivity index (χ1v) is 6.86. The fourth-order valence-corrected chi connectivity index (χ4v) is 2.51. The number of hydrogen-bond acceptors (Lipinski definition) is 4. The molecule has 19 heavy (non-hydrogen) atoms. The monoisotopic (exact) mass is 271 g/mol. The number of carbonyl (C=O) groups is 1. The van der Waals surface area contributed by atoms with Gasteiger partial charge in [0, 0.05) is 25.8 Å². The van der Waals surface area contributed by atoms with Crippen molar-refractivity contribution in [2.75, 3.05) is 19.8 Å². The average Bonchev–Trinajstić information content (AvgIpc) is 2.43. The quantitative estimate of drug-likeness (QED) is 0.340. The number of carbonyl (C=O) groups excluding carboxylic acids is 1. The number of rotatable bonds is 5. The molecule has 6 nitrogen and oxygen atoms in total. The predicted octanol–water partition coefficient (Wildman–Crippen LogP) is 1.18. The molecule has 0 bridgehead atoms. The van der Waals surface area contributed by atoms with E-state index in [1.165, 1.54) is 0 Å². The molecule has 110 valence electrons. The topological polar surface area (TPSA) is 88.2 Å². The van der Waals surface area contributed by atoms with Crippen molar-refractivity contribution < 1.29 is 14.7 Å². The third-order valence-corrected chi connectivity index (χ3v) is 3.70. The average molecular weight is 271 g/mol. The van der Waals surface area contributed by atoms with Crippen LogP contribution in [-0.4, -0.2) is 47.7 Å². The van der Waals surface area contributed by atoms with Crippen LogP contribution in [0, 0.1) is 5.41 Å². The van der Waals surface area contributed by atoms with Gasteiger partial charge in [0.05, 0.1) is 0 Å². The molecule has 0 unspecified atom stereocenters. The SMILES string of the molecule is CCCN(C(=O)C1(C(N)=NO)CCOCC1)C(C)C. The molecule has 6 heteroatoms. The van der Waals surface area contributed by atoms with Gasteiger partial charge in [-0.05, 0) is 33.1 Å². The van der Waals surface area contributed by atoms with Gasteiger partial charge in [0.25, 0.3) is 0 Å². The van der Waals surface area contributed by atoms with E-state index in [0.717, 1.165) is 6.42 Å². The highest BCUT2D eigenvalue weighted by Gasteiger charge is 2.46. The molecule has 1 aliphatic heterocycles. The van der Waals surface area contributed by atoms with Crippen LogP contribution in [0.4, 0.5) is 0 Å². The standard InChI is InChI=1S/C13H25N3O3/c1-4-7-16(10(2)3)12(17)13(11(14)15-18)5-8-19-9-6-13/h10,18H,4-9H2,1-3H3,(H2,14,15). The number of oxime groups is 1. The zero-order valence-electron chi connectivity index (χ0n) is 12.1. The van der Waals surface area contributed by atoms with Crippen molar-refractivity contribution in [2.24, 2.45) is 16.3 Å². The fourth-order valence-electron chi connectivity index (χ4n) is 2.51. The van der Waals surface area contributed by atoms with Gasteiger partial charge in [-0.2, -0.15) is 0 Å². The van der Waals surface area contributed by atoms with Crippen molar-refractivity contribution in [1.82, 2.24) is 4.90 Å². The van der Waals surface area contributed by atoms with E-state index in [-0.39, 0.29) is 17.8 Å². The van der Waals surface area contributed by atoms with Gasteiger partial charge in [-0.15, -0.1) is 0 Å². The molecule has 1 fully saturated rings. The second-order valence-electron chi connectivity index (χ2n) is 5.27. The Balaban J connectivity index is 3.06. The Morgan fingerprint density at radius 3 is 2.47 bits per heavy atom. The highest BCUT2D eigenvalue weighted by Crippen LogP contribution is 2.33. The lowest BCUT2D eigenvalue weighted by Crippen LogP contribution is -2.55. The number of ether oxygens (including phenoxy) is 1. The van der Waals surface area contributed by atoms with E-state index in [9.17, 15) is 4.79 Å². The van der Waals surface area contributed by atoms with Crippen LogP contribution in [0.15, 0.2) is 5.16 Å². The van der Waals surface area contributed by atoms with E-state index in [4.69, 9.17) is 15.7 Å². The van der Waals surface area contributed by atoms with Gasteiger partial charge in [0.2, 0.25) is 5.91 Å². The van der Waals surface area contributed by atoms with Crippen LogP contribution in [0.5, 0.6) is 0 Å². The molecule has 0 aromatic heterocycles. The molecule has 1 amide bonds. The maximum absolute atomic E-state index is 12.9. The third-order valence-electron chi connectivity index (χ3n) is 3.70. The van der Waals surface area contributed by atoms with E-state index in [1.54, 1.807) is 0 Å². The van der Waals surface area contributed by atoms with Crippen LogP contribution in [-0.2, 0) is 9.53 Å². The Labute approximate surface area is 114 Å². The summed E-state index contributed by atoms with van der Waals surface area (Å²) >= 11 is 0. The maximum Gasteiger partial charge on any atom is 0.236 e. The van der Waals surface area contributed by atoms with E-state index >= 15 is 0 Å². The number of amides is 1. The van der Waals surface area contributed by atoms with E-state index in [2.05, 4.69) is 5.16 Å². The zero-order chi connectivity index (χ0) is 14.5. The lowest BCUT2D eigenvalue weighted by Gasteiger charge is -2.40. The Morgan fingerprint density at radius 2 is 2.05 bits per heavy atom. The molecule has 0 spiro atoms. The molecule has 0 aromatic rings. The second kappa shape index (κ2) is 6.75. The second-order valence-corrected chi connectivity index (χ2v) is 5.27. The van der Waals surface area contributed by atoms with Gasteiger partial charge < -0.3 is 20.6 Å². The predicted molar refractivity (Wildman–Crippen MR) is 73.0 cm³/mol. The first-order valence-electron chi connectivity index (χ1n) is 6.86. The smallest absolute Gasteiger partial charge is 0.236 e. The van der Waals surface area contributed by atoms with Crippen molar-refractivity contribution in [1.29, 1.82) is 0 Å². The number of amidine groups is 1. The van der Waals surface area contributed by atoms with Gasteiger partial charge in [-0.1, -0.05) is 12.1 Å². The number of nitrogens with two attached hydrogens (primary N) is 1. The molecule has 1 heterocycles.